The molecule has 0 saturated carbocycles. The van der Waals surface area contributed by atoms with Crippen molar-refractivity contribution in [2.24, 2.45) is 7.05 Å². The van der Waals surface area contributed by atoms with E-state index in [1.165, 1.54) is 0 Å². The number of carbonyl (C=O) groups is 1. The smallest absolute Gasteiger partial charge is 0.319 e. The van der Waals surface area contributed by atoms with Gasteiger partial charge in [-0.15, -0.1) is 0 Å². The van der Waals surface area contributed by atoms with E-state index in [2.05, 4.69) is 10.6 Å². The number of benzene rings is 1. The Kier molecular flexibility index (Phi) is 4.20. The van der Waals surface area contributed by atoms with Gasteiger partial charge in [0.25, 0.3) is 0 Å². The number of carbonyl (C=O) groups excluding carboxylic acids is 1. The molecular weight excluding hydrogens is 242 g/mol. The molecule has 1 atom stereocenters. The molecule has 1 aromatic carbocycles. The van der Waals surface area contributed by atoms with Crippen molar-refractivity contribution in [3.8, 4) is 0 Å². The Hall–Kier alpha value is -2.27. The Balaban J connectivity index is 1.82. The number of amides is 2. The molecule has 5 heteroatoms. The Morgan fingerprint density at radius 2 is 2.00 bits per heavy atom. The van der Waals surface area contributed by atoms with Gasteiger partial charge in [0.2, 0.25) is 0 Å². The maximum Gasteiger partial charge on any atom is 0.319 e. The third-order valence-electron chi connectivity index (χ3n) is 2.81. The van der Waals surface area contributed by atoms with E-state index >= 15 is 0 Å². The highest BCUT2D eigenvalue weighted by Crippen LogP contribution is 2.11. The summed E-state index contributed by atoms with van der Waals surface area (Å²) in [7, 11) is 1.85. The Morgan fingerprint density at radius 3 is 2.63 bits per heavy atom. The van der Waals surface area contributed by atoms with Gasteiger partial charge in [0.1, 0.15) is 6.10 Å². The normalized spacial score (nSPS) is 11.9. The molecule has 0 fully saturated rings. The first-order chi connectivity index (χ1) is 9.16. The molecule has 0 aliphatic heterocycles. The number of hydrogen-bond acceptors (Lipinski definition) is 2. The van der Waals surface area contributed by atoms with Gasteiger partial charge in [-0.25, -0.2) is 4.79 Å². The van der Waals surface area contributed by atoms with Gasteiger partial charge in [0, 0.05) is 24.6 Å². The number of aliphatic hydroxyl groups is 1. The molecule has 0 radical (unpaired) electrons. The van der Waals surface area contributed by atoms with Crippen molar-refractivity contribution in [2.45, 2.75) is 6.10 Å². The number of nitrogens with zero attached hydrogens (tertiary/aromatic N) is 1. The summed E-state index contributed by atoms with van der Waals surface area (Å²) in [6.07, 6.45) is 1.13. The number of hydrogen-bond donors (Lipinski definition) is 3. The van der Waals surface area contributed by atoms with Crippen LogP contribution in [0.25, 0.3) is 0 Å². The van der Waals surface area contributed by atoms with Gasteiger partial charge in [0.05, 0.1) is 6.54 Å². The summed E-state index contributed by atoms with van der Waals surface area (Å²) in [5, 5.41) is 15.3. The van der Waals surface area contributed by atoms with Crippen LogP contribution in [-0.2, 0) is 7.05 Å². The van der Waals surface area contributed by atoms with Crippen LogP contribution >= 0.6 is 0 Å². The van der Waals surface area contributed by atoms with Gasteiger partial charge in [-0.3, -0.25) is 0 Å². The van der Waals surface area contributed by atoms with E-state index in [9.17, 15) is 9.90 Å². The van der Waals surface area contributed by atoms with E-state index in [-0.39, 0.29) is 12.6 Å². The van der Waals surface area contributed by atoms with Gasteiger partial charge in [0.15, 0.2) is 0 Å². The topological polar surface area (TPSA) is 66.3 Å². The summed E-state index contributed by atoms with van der Waals surface area (Å²) in [6, 6.07) is 12.5. The number of urea groups is 1. The summed E-state index contributed by atoms with van der Waals surface area (Å²) >= 11 is 0. The number of nitrogens with one attached hydrogen (secondary N) is 2. The molecule has 0 saturated heterocycles. The van der Waals surface area contributed by atoms with E-state index < -0.39 is 6.10 Å². The maximum atomic E-state index is 11.6. The van der Waals surface area contributed by atoms with E-state index in [1.54, 1.807) is 12.1 Å². The van der Waals surface area contributed by atoms with Gasteiger partial charge >= 0.3 is 6.03 Å². The van der Waals surface area contributed by atoms with Crippen molar-refractivity contribution in [3.63, 3.8) is 0 Å². The third kappa shape index (κ3) is 3.59. The lowest BCUT2D eigenvalue weighted by atomic mass is 10.2. The first-order valence-corrected chi connectivity index (χ1v) is 6.06. The molecule has 1 unspecified atom stereocenters. The van der Waals surface area contributed by atoms with E-state index in [1.807, 2.05) is 48.1 Å². The predicted octanol–water partition coefficient (Wildman–Crippen LogP) is 1.88. The fraction of sp³-hybridized carbons (Fsp3) is 0.214. The Labute approximate surface area is 111 Å². The lowest BCUT2D eigenvalue weighted by Gasteiger charge is -2.13. The molecule has 0 spiro atoms. The first kappa shape index (κ1) is 13.2. The second kappa shape index (κ2) is 6.06. The lowest BCUT2D eigenvalue weighted by molar-refractivity contribution is 0.167. The van der Waals surface area contributed by atoms with Crippen LogP contribution < -0.4 is 10.6 Å². The second-order valence-corrected chi connectivity index (χ2v) is 4.26. The van der Waals surface area contributed by atoms with Gasteiger partial charge in [-0.2, -0.15) is 0 Å². The summed E-state index contributed by atoms with van der Waals surface area (Å²) in [5.41, 5.74) is 1.48. The zero-order valence-electron chi connectivity index (χ0n) is 10.7. The fourth-order valence-electron chi connectivity index (χ4n) is 1.81. The number of aromatic nitrogens is 1. The lowest BCUT2D eigenvalue weighted by Crippen LogP contribution is -2.32. The highest BCUT2D eigenvalue weighted by molar-refractivity contribution is 5.89. The van der Waals surface area contributed by atoms with Crippen LogP contribution in [0.5, 0.6) is 0 Å². The SMILES string of the molecule is Cn1cccc1C(O)CNC(=O)Nc1ccccc1. The largest absolute Gasteiger partial charge is 0.385 e. The quantitative estimate of drug-likeness (QED) is 0.785. The van der Waals surface area contributed by atoms with Crippen LogP contribution in [0, 0.1) is 0 Å². The first-order valence-electron chi connectivity index (χ1n) is 6.06. The Morgan fingerprint density at radius 1 is 1.26 bits per heavy atom. The monoisotopic (exact) mass is 259 g/mol. The average molecular weight is 259 g/mol. The van der Waals surface area contributed by atoms with Crippen molar-refractivity contribution in [1.82, 2.24) is 9.88 Å². The van der Waals surface area contributed by atoms with Crippen LogP contribution in [0.4, 0.5) is 10.5 Å². The molecule has 2 amide bonds. The number of anilines is 1. The molecule has 1 aromatic heterocycles. The van der Waals surface area contributed by atoms with Gasteiger partial charge < -0.3 is 20.3 Å². The van der Waals surface area contributed by atoms with Gasteiger partial charge in [-0.05, 0) is 24.3 Å². The third-order valence-corrected chi connectivity index (χ3v) is 2.81. The Bertz CT molecular complexity index is 537. The van der Waals surface area contributed by atoms with Crippen molar-refractivity contribution in [2.75, 3.05) is 11.9 Å². The van der Waals surface area contributed by atoms with Crippen LogP contribution in [0.2, 0.25) is 0 Å². The standard InChI is InChI=1S/C14H17N3O2/c1-17-9-5-8-12(17)13(18)10-15-14(19)16-11-6-3-2-4-7-11/h2-9,13,18H,10H2,1H3,(H2,15,16,19). The van der Waals surface area contributed by atoms with E-state index in [0.717, 1.165) is 5.69 Å². The van der Waals surface area contributed by atoms with Crippen LogP contribution in [-0.4, -0.2) is 22.2 Å². The van der Waals surface area contributed by atoms with Crippen LogP contribution in [0.1, 0.15) is 11.8 Å². The molecule has 19 heavy (non-hydrogen) atoms. The maximum absolute atomic E-state index is 11.6. The highest BCUT2D eigenvalue weighted by Gasteiger charge is 2.11. The molecule has 0 aliphatic rings. The zero-order chi connectivity index (χ0) is 13.7. The molecular formula is C14H17N3O2. The van der Waals surface area contributed by atoms with Gasteiger partial charge in [-0.1, -0.05) is 18.2 Å². The fourth-order valence-corrected chi connectivity index (χ4v) is 1.81. The second-order valence-electron chi connectivity index (χ2n) is 4.26. The zero-order valence-corrected chi connectivity index (χ0v) is 10.7. The van der Waals surface area contributed by atoms with Crippen LogP contribution in [0.15, 0.2) is 48.7 Å². The van der Waals surface area contributed by atoms with E-state index in [4.69, 9.17) is 0 Å². The molecule has 1 heterocycles. The molecule has 5 nitrogen and oxygen atoms in total. The summed E-state index contributed by atoms with van der Waals surface area (Å²) < 4.78 is 1.82. The average Bonchev–Trinajstić information content (AvgIpc) is 2.83. The molecule has 0 bridgehead atoms. The summed E-state index contributed by atoms with van der Waals surface area (Å²) in [6.45, 7) is 0.163. The number of rotatable bonds is 4. The minimum atomic E-state index is -0.721. The number of aryl methyl sites for hydroxylation is 1. The van der Waals surface area contributed by atoms with Crippen molar-refractivity contribution in [3.05, 3.63) is 54.4 Å². The van der Waals surface area contributed by atoms with Crippen molar-refractivity contribution >= 4 is 11.7 Å². The highest BCUT2D eigenvalue weighted by atomic mass is 16.3. The number of aliphatic hydroxyl groups excluding tert-OH is 1. The molecule has 0 aliphatic carbocycles. The minimum Gasteiger partial charge on any atom is -0.385 e. The molecule has 100 valence electrons. The van der Waals surface area contributed by atoms with E-state index in [0.29, 0.717) is 5.69 Å². The molecule has 3 N–H and O–H groups in total. The molecule has 2 aromatic rings. The number of para-hydroxylation sites is 1. The summed E-state index contributed by atoms with van der Waals surface area (Å²) in [5.74, 6) is 0. The predicted molar refractivity (Wildman–Crippen MR) is 73.8 cm³/mol. The van der Waals surface area contributed by atoms with Crippen molar-refractivity contribution in [1.29, 1.82) is 0 Å². The molecule has 2 rings (SSSR count). The minimum absolute atomic E-state index is 0.163. The van der Waals surface area contributed by atoms with Crippen LogP contribution in [0.3, 0.4) is 0 Å². The summed E-state index contributed by atoms with van der Waals surface area (Å²) in [4.78, 5) is 11.6. The van der Waals surface area contributed by atoms with Crippen molar-refractivity contribution < 1.29 is 9.90 Å².